The highest BCUT2D eigenvalue weighted by atomic mass is 19.4. The predicted octanol–water partition coefficient (Wildman–Crippen LogP) is 3.91. The zero-order valence-electron chi connectivity index (χ0n) is 12.5. The molecule has 1 aliphatic heterocycles. The van der Waals surface area contributed by atoms with Gasteiger partial charge in [0, 0.05) is 13.0 Å². The first-order valence-corrected chi connectivity index (χ1v) is 7.65. The second kappa shape index (κ2) is 7.63. The van der Waals surface area contributed by atoms with Gasteiger partial charge in [0.2, 0.25) is 5.91 Å². The number of halogens is 3. The van der Waals surface area contributed by atoms with Gasteiger partial charge in [-0.25, -0.2) is 0 Å². The topological polar surface area (TPSA) is 32.3 Å². The molecule has 122 valence electrons. The SMILES string of the molecule is O=C(CCN1CCCCCC1)Nc1ccccc1C(F)(F)F. The van der Waals surface area contributed by atoms with Crippen molar-refractivity contribution >= 4 is 11.6 Å². The van der Waals surface area contributed by atoms with Crippen molar-refractivity contribution in [3.63, 3.8) is 0 Å². The standard InChI is InChI=1S/C16H21F3N2O/c17-16(18,19)13-7-3-4-8-14(13)20-15(22)9-12-21-10-5-1-2-6-11-21/h3-4,7-8H,1-2,5-6,9-12H2,(H,20,22). The number of anilines is 1. The van der Waals surface area contributed by atoms with Crippen molar-refractivity contribution in [1.82, 2.24) is 4.90 Å². The summed E-state index contributed by atoms with van der Waals surface area (Å²) in [5, 5.41) is 2.39. The minimum Gasteiger partial charge on any atom is -0.325 e. The molecule has 3 nitrogen and oxygen atoms in total. The average Bonchev–Trinajstić information content (AvgIpc) is 2.73. The summed E-state index contributed by atoms with van der Waals surface area (Å²) in [5.74, 6) is -0.374. The first-order valence-electron chi connectivity index (χ1n) is 7.65. The summed E-state index contributed by atoms with van der Waals surface area (Å²) in [6.45, 7) is 2.53. The molecule has 0 unspecified atom stereocenters. The van der Waals surface area contributed by atoms with Crippen LogP contribution in [0.25, 0.3) is 0 Å². The lowest BCUT2D eigenvalue weighted by atomic mass is 10.1. The Bertz CT molecular complexity index is 494. The van der Waals surface area contributed by atoms with E-state index in [0.29, 0.717) is 6.54 Å². The second-order valence-corrected chi connectivity index (χ2v) is 5.60. The fourth-order valence-corrected chi connectivity index (χ4v) is 2.67. The van der Waals surface area contributed by atoms with Crippen LogP contribution in [0.5, 0.6) is 0 Å². The number of alkyl halides is 3. The maximum absolute atomic E-state index is 12.9. The van der Waals surface area contributed by atoms with Gasteiger partial charge in [-0.15, -0.1) is 0 Å². The molecule has 1 saturated heterocycles. The lowest BCUT2D eigenvalue weighted by molar-refractivity contribution is -0.137. The number of nitrogens with one attached hydrogen (secondary N) is 1. The summed E-state index contributed by atoms with van der Waals surface area (Å²) in [4.78, 5) is 14.1. The Balaban J connectivity index is 1.89. The quantitative estimate of drug-likeness (QED) is 0.914. The van der Waals surface area contributed by atoms with E-state index in [1.165, 1.54) is 31.0 Å². The van der Waals surface area contributed by atoms with Gasteiger partial charge in [0.1, 0.15) is 0 Å². The molecule has 1 fully saturated rings. The van der Waals surface area contributed by atoms with Crippen molar-refractivity contribution in [3.8, 4) is 0 Å². The first kappa shape index (κ1) is 16.8. The summed E-state index contributed by atoms with van der Waals surface area (Å²) < 4.78 is 38.6. The molecule has 0 radical (unpaired) electrons. The van der Waals surface area contributed by atoms with E-state index in [-0.39, 0.29) is 18.0 Å². The molecule has 0 atom stereocenters. The van der Waals surface area contributed by atoms with Crippen LogP contribution in [0.2, 0.25) is 0 Å². The van der Waals surface area contributed by atoms with Crippen LogP contribution >= 0.6 is 0 Å². The zero-order chi connectivity index (χ0) is 16.0. The molecule has 1 N–H and O–H groups in total. The Morgan fingerprint density at radius 1 is 1.09 bits per heavy atom. The number of hydrogen-bond acceptors (Lipinski definition) is 2. The largest absolute Gasteiger partial charge is 0.418 e. The van der Waals surface area contributed by atoms with Gasteiger partial charge in [0.05, 0.1) is 11.3 Å². The monoisotopic (exact) mass is 314 g/mol. The van der Waals surface area contributed by atoms with E-state index in [4.69, 9.17) is 0 Å². The zero-order valence-corrected chi connectivity index (χ0v) is 12.5. The van der Waals surface area contributed by atoms with E-state index in [0.717, 1.165) is 32.0 Å². The van der Waals surface area contributed by atoms with Crippen molar-refractivity contribution in [1.29, 1.82) is 0 Å². The maximum atomic E-state index is 12.9. The number of amides is 1. The smallest absolute Gasteiger partial charge is 0.325 e. The molecule has 0 aliphatic carbocycles. The van der Waals surface area contributed by atoms with Crippen molar-refractivity contribution in [3.05, 3.63) is 29.8 Å². The molecule has 1 aliphatic rings. The Labute approximate surface area is 128 Å². The summed E-state index contributed by atoms with van der Waals surface area (Å²) >= 11 is 0. The van der Waals surface area contributed by atoms with Crippen LogP contribution in [0, 0.1) is 0 Å². The van der Waals surface area contributed by atoms with Crippen molar-refractivity contribution in [2.45, 2.75) is 38.3 Å². The number of carbonyl (C=O) groups excluding carboxylic acids is 1. The fourth-order valence-electron chi connectivity index (χ4n) is 2.67. The highest BCUT2D eigenvalue weighted by Gasteiger charge is 2.33. The lowest BCUT2D eigenvalue weighted by Gasteiger charge is -2.19. The molecule has 1 heterocycles. The second-order valence-electron chi connectivity index (χ2n) is 5.60. The maximum Gasteiger partial charge on any atom is 0.418 e. The average molecular weight is 314 g/mol. The number of carbonyl (C=O) groups is 1. The molecule has 6 heteroatoms. The van der Waals surface area contributed by atoms with Gasteiger partial charge in [-0.05, 0) is 38.1 Å². The van der Waals surface area contributed by atoms with Crippen LogP contribution < -0.4 is 5.32 Å². The van der Waals surface area contributed by atoms with Gasteiger partial charge < -0.3 is 10.2 Å². The van der Waals surface area contributed by atoms with Crippen LogP contribution in [0.15, 0.2) is 24.3 Å². The van der Waals surface area contributed by atoms with Gasteiger partial charge in [-0.2, -0.15) is 13.2 Å². The third-order valence-electron chi connectivity index (χ3n) is 3.86. The molecule has 22 heavy (non-hydrogen) atoms. The summed E-state index contributed by atoms with van der Waals surface area (Å²) in [6, 6.07) is 5.06. The molecule has 0 saturated carbocycles. The van der Waals surface area contributed by atoms with E-state index < -0.39 is 11.7 Å². The van der Waals surface area contributed by atoms with Crippen molar-refractivity contribution < 1.29 is 18.0 Å². The Hall–Kier alpha value is -1.56. The minimum atomic E-state index is -4.46. The van der Waals surface area contributed by atoms with Gasteiger partial charge in [0.15, 0.2) is 0 Å². The molecule has 1 aromatic carbocycles. The van der Waals surface area contributed by atoms with E-state index in [2.05, 4.69) is 10.2 Å². The highest BCUT2D eigenvalue weighted by Crippen LogP contribution is 2.34. The number of nitrogens with zero attached hydrogens (tertiary/aromatic N) is 1. The normalized spacial score (nSPS) is 17.0. The molecule has 0 spiro atoms. The Morgan fingerprint density at radius 2 is 1.73 bits per heavy atom. The molecule has 1 amide bonds. The molecule has 0 bridgehead atoms. The van der Waals surface area contributed by atoms with Crippen LogP contribution in [0.1, 0.15) is 37.7 Å². The van der Waals surface area contributed by atoms with E-state index in [9.17, 15) is 18.0 Å². The summed E-state index contributed by atoms with van der Waals surface area (Å²) in [7, 11) is 0. The molecule has 1 aromatic rings. The number of likely N-dealkylation sites (tertiary alicyclic amines) is 1. The number of hydrogen-bond donors (Lipinski definition) is 1. The molecular weight excluding hydrogens is 293 g/mol. The van der Waals surface area contributed by atoms with Gasteiger partial charge >= 0.3 is 6.18 Å². The fraction of sp³-hybridized carbons (Fsp3) is 0.562. The predicted molar refractivity (Wildman–Crippen MR) is 79.6 cm³/mol. The number of benzene rings is 1. The Kier molecular flexibility index (Phi) is 5.83. The first-order chi connectivity index (χ1) is 10.5. The summed E-state index contributed by atoms with van der Waals surface area (Å²) in [6.07, 6.45) is 0.418. The van der Waals surface area contributed by atoms with Crippen molar-refractivity contribution in [2.24, 2.45) is 0 Å². The number of para-hydroxylation sites is 1. The Morgan fingerprint density at radius 3 is 2.36 bits per heavy atom. The van der Waals surface area contributed by atoms with E-state index in [1.807, 2.05) is 0 Å². The van der Waals surface area contributed by atoms with Crippen molar-refractivity contribution in [2.75, 3.05) is 25.0 Å². The minimum absolute atomic E-state index is 0.170. The summed E-state index contributed by atoms with van der Waals surface area (Å²) in [5.41, 5.74) is -0.978. The number of rotatable bonds is 4. The van der Waals surface area contributed by atoms with Crippen LogP contribution in [-0.4, -0.2) is 30.4 Å². The van der Waals surface area contributed by atoms with Gasteiger partial charge in [-0.1, -0.05) is 25.0 Å². The molecular formula is C16H21F3N2O. The highest BCUT2D eigenvalue weighted by molar-refractivity contribution is 5.91. The lowest BCUT2D eigenvalue weighted by Crippen LogP contribution is -2.29. The van der Waals surface area contributed by atoms with Crippen LogP contribution in [-0.2, 0) is 11.0 Å². The van der Waals surface area contributed by atoms with Crippen LogP contribution in [0.4, 0.5) is 18.9 Å². The van der Waals surface area contributed by atoms with E-state index >= 15 is 0 Å². The third-order valence-corrected chi connectivity index (χ3v) is 3.86. The van der Waals surface area contributed by atoms with E-state index in [1.54, 1.807) is 0 Å². The van der Waals surface area contributed by atoms with Gasteiger partial charge in [0.25, 0.3) is 0 Å². The molecule has 0 aromatic heterocycles. The van der Waals surface area contributed by atoms with Crippen LogP contribution in [0.3, 0.4) is 0 Å². The third kappa shape index (κ3) is 5.02. The van der Waals surface area contributed by atoms with Gasteiger partial charge in [-0.3, -0.25) is 4.79 Å². The molecule has 2 rings (SSSR count).